The molecular weight excluding hydrogens is 314 g/mol. The third kappa shape index (κ3) is 5.14. The average molecular weight is 326 g/mol. The van der Waals surface area contributed by atoms with Crippen LogP contribution in [0.5, 0.6) is 0 Å². The highest BCUT2D eigenvalue weighted by molar-refractivity contribution is 9.10. The quantitative estimate of drug-likeness (QED) is 0.641. The van der Waals surface area contributed by atoms with Crippen molar-refractivity contribution in [1.82, 2.24) is 15.0 Å². The summed E-state index contributed by atoms with van der Waals surface area (Å²) < 4.78 is 5.39. The maximum atomic E-state index is 4.96. The molecule has 0 aliphatic carbocycles. The van der Waals surface area contributed by atoms with Crippen molar-refractivity contribution in [2.45, 2.75) is 5.75 Å². The molecule has 1 rings (SSSR count). The normalized spacial score (nSPS) is 10.0. The molecule has 0 unspecified atom stereocenters. The van der Waals surface area contributed by atoms with Gasteiger partial charge in [-0.3, -0.25) is 0 Å². The first-order chi connectivity index (χ1) is 7.24. The van der Waals surface area contributed by atoms with Crippen LogP contribution in [-0.2, 0) is 5.75 Å². The Morgan fingerprint density at radius 2 is 2.53 bits per heavy atom. The smallest absolute Gasteiger partial charge is 0.166 e. The van der Waals surface area contributed by atoms with Crippen LogP contribution < -0.4 is 10.6 Å². The van der Waals surface area contributed by atoms with Crippen molar-refractivity contribution < 1.29 is 0 Å². The van der Waals surface area contributed by atoms with Gasteiger partial charge in [0.2, 0.25) is 0 Å². The van der Waals surface area contributed by atoms with E-state index in [0.29, 0.717) is 5.11 Å². The van der Waals surface area contributed by atoms with Gasteiger partial charge in [0.15, 0.2) is 5.11 Å². The lowest BCUT2D eigenvalue weighted by Crippen LogP contribution is -2.33. The molecule has 15 heavy (non-hydrogen) atoms. The molecule has 1 aromatic heterocycles. The van der Waals surface area contributed by atoms with E-state index in [4.69, 9.17) is 12.2 Å². The Balaban J connectivity index is 2.07. The van der Waals surface area contributed by atoms with Crippen molar-refractivity contribution in [2.24, 2.45) is 0 Å². The topological polar surface area (TPSA) is 37.0 Å². The van der Waals surface area contributed by atoms with Crippen molar-refractivity contribution in [1.29, 1.82) is 0 Å². The molecule has 7 heteroatoms. The zero-order chi connectivity index (χ0) is 11.1. The first kappa shape index (κ1) is 13.2. The zero-order valence-electron chi connectivity index (χ0n) is 8.25. The molecule has 84 valence electrons. The maximum absolute atomic E-state index is 4.96. The Labute approximate surface area is 112 Å². The SMILES string of the molecule is CNC(=S)NCCSCc1nscc1Br. The number of nitrogens with zero attached hydrogens (tertiary/aromatic N) is 1. The predicted molar refractivity (Wildman–Crippen MR) is 75.6 cm³/mol. The van der Waals surface area contributed by atoms with E-state index in [1.54, 1.807) is 0 Å². The maximum Gasteiger partial charge on any atom is 0.166 e. The summed E-state index contributed by atoms with van der Waals surface area (Å²) in [5.74, 6) is 1.96. The van der Waals surface area contributed by atoms with Crippen LogP contribution in [0.2, 0.25) is 0 Å². The molecule has 0 radical (unpaired) electrons. The van der Waals surface area contributed by atoms with Crippen LogP contribution in [0.4, 0.5) is 0 Å². The van der Waals surface area contributed by atoms with Gasteiger partial charge >= 0.3 is 0 Å². The third-order valence-electron chi connectivity index (χ3n) is 1.59. The lowest BCUT2D eigenvalue weighted by Gasteiger charge is -2.05. The zero-order valence-corrected chi connectivity index (χ0v) is 12.3. The second kappa shape index (κ2) is 7.43. The molecule has 0 fully saturated rings. The van der Waals surface area contributed by atoms with Crippen molar-refractivity contribution in [3.05, 3.63) is 15.5 Å². The summed E-state index contributed by atoms with van der Waals surface area (Å²) in [6.07, 6.45) is 0. The summed E-state index contributed by atoms with van der Waals surface area (Å²) in [5.41, 5.74) is 1.13. The summed E-state index contributed by atoms with van der Waals surface area (Å²) in [5, 5.41) is 8.67. The second-order valence-corrected chi connectivity index (χ2v) is 5.66. The Kier molecular flexibility index (Phi) is 6.54. The lowest BCUT2D eigenvalue weighted by atomic mass is 10.5. The van der Waals surface area contributed by atoms with Crippen LogP contribution in [0.3, 0.4) is 0 Å². The number of thioether (sulfide) groups is 1. The molecule has 0 saturated carbocycles. The molecule has 0 aliphatic rings. The lowest BCUT2D eigenvalue weighted by molar-refractivity contribution is 0.942. The number of hydrogen-bond acceptors (Lipinski definition) is 4. The van der Waals surface area contributed by atoms with E-state index in [1.165, 1.54) is 11.5 Å². The molecule has 1 heterocycles. The van der Waals surface area contributed by atoms with Gasteiger partial charge < -0.3 is 10.6 Å². The fraction of sp³-hybridized carbons (Fsp3) is 0.500. The van der Waals surface area contributed by atoms with Crippen LogP contribution in [0.25, 0.3) is 0 Å². The molecule has 0 aliphatic heterocycles. The monoisotopic (exact) mass is 325 g/mol. The van der Waals surface area contributed by atoms with Gasteiger partial charge in [-0.2, -0.15) is 16.1 Å². The standard InChI is InChI=1S/C8H12BrN3S3/c1-10-8(13)11-2-3-14-5-7-6(9)4-15-12-7/h4H,2-3,5H2,1H3,(H2,10,11,13). The van der Waals surface area contributed by atoms with E-state index >= 15 is 0 Å². The largest absolute Gasteiger partial charge is 0.366 e. The molecule has 0 spiro atoms. The summed E-state index contributed by atoms with van der Waals surface area (Å²) >= 11 is 11.7. The molecule has 3 nitrogen and oxygen atoms in total. The fourth-order valence-electron chi connectivity index (χ4n) is 0.837. The highest BCUT2D eigenvalue weighted by Gasteiger charge is 2.02. The van der Waals surface area contributed by atoms with Gasteiger partial charge in [0.25, 0.3) is 0 Å². The number of aromatic nitrogens is 1. The van der Waals surface area contributed by atoms with Gasteiger partial charge in [-0.1, -0.05) is 0 Å². The van der Waals surface area contributed by atoms with Gasteiger partial charge in [0.05, 0.1) is 10.2 Å². The highest BCUT2D eigenvalue weighted by Crippen LogP contribution is 2.21. The summed E-state index contributed by atoms with van der Waals surface area (Å²) in [6.45, 7) is 0.881. The van der Waals surface area contributed by atoms with Gasteiger partial charge in [-0.05, 0) is 39.7 Å². The van der Waals surface area contributed by atoms with E-state index in [2.05, 4.69) is 30.9 Å². The van der Waals surface area contributed by atoms with E-state index in [0.717, 1.165) is 28.2 Å². The Hall–Kier alpha value is 0.150. The van der Waals surface area contributed by atoms with Gasteiger partial charge in [0, 0.05) is 30.5 Å². The Morgan fingerprint density at radius 1 is 1.73 bits per heavy atom. The van der Waals surface area contributed by atoms with Crippen molar-refractivity contribution in [3.63, 3.8) is 0 Å². The van der Waals surface area contributed by atoms with Crippen molar-refractivity contribution in [2.75, 3.05) is 19.3 Å². The van der Waals surface area contributed by atoms with Gasteiger partial charge in [0.1, 0.15) is 0 Å². The minimum atomic E-state index is 0.699. The fourth-order valence-corrected chi connectivity index (χ4v) is 3.18. The minimum Gasteiger partial charge on any atom is -0.366 e. The minimum absolute atomic E-state index is 0.699. The van der Waals surface area contributed by atoms with Gasteiger partial charge in [-0.25, -0.2) is 0 Å². The molecule has 1 aromatic rings. The number of thiocarbonyl (C=S) groups is 1. The summed E-state index contributed by atoms with van der Waals surface area (Å²) in [4.78, 5) is 0. The van der Waals surface area contributed by atoms with E-state index in [1.807, 2.05) is 24.2 Å². The third-order valence-corrected chi connectivity index (χ3v) is 4.57. The van der Waals surface area contributed by atoms with E-state index < -0.39 is 0 Å². The number of nitrogens with one attached hydrogen (secondary N) is 2. The van der Waals surface area contributed by atoms with Crippen LogP contribution in [-0.4, -0.2) is 28.8 Å². The van der Waals surface area contributed by atoms with Crippen LogP contribution >= 0.6 is 51.4 Å². The summed E-state index contributed by atoms with van der Waals surface area (Å²) in [6, 6.07) is 0. The van der Waals surface area contributed by atoms with Crippen LogP contribution in [0, 0.1) is 0 Å². The van der Waals surface area contributed by atoms with E-state index in [-0.39, 0.29) is 0 Å². The van der Waals surface area contributed by atoms with Crippen LogP contribution in [0.15, 0.2) is 9.85 Å². The van der Waals surface area contributed by atoms with Crippen LogP contribution in [0.1, 0.15) is 5.69 Å². The second-order valence-electron chi connectivity index (χ2n) is 2.67. The average Bonchev–Trinajstić information content (AvgIpc) is 2.63. The first-order valence-corrected chi connectivity index (χ1v) is 7.55. The number of rotatable bonds is 5. The van der Waals surface area contributed by atoms with Gasteiger partial charge in [-0.15, -0.1) is 0 Å². The predicted octanol–water partition coefficient (Wildman–Crippen LogP) is 2.23. The highest BCUT2D eigenvalue weighted by atomic mass is 79.9. The molecule has 0 amide bonds. The number of halogens is 1. The Morgan fingerprint density at radius 3 is 3.13 bits per heavy atom. The molecule has 0 bridgehead atoms. The summed E-state index contributed by atoms with van der Waals surface area (Å²) in [7, 11) is 1.81. The van der Waals surface area contributed by atoms with Crippen molar-refractivity contribution >= 4 is 56.6 Å². The molecular formula is C8H12BrN3S3. The van der Waals surface area contributed by atoms with Crippen molar-refractivity contribution in [3.8, 4) is 0 Å². The Bertz CT molecular complexity index is 316. The van der Waals surface area contributed by atoms with E-state index in [9.17, 15) is 0 Å². The number of hydrogen-bond donors (Lipinski definition) is 2. The molecule has 0 aromatic carbocycles. The molecule has 0 atom stereocenters. The molecule has 0 saturated heterocycles. The molecule has 2 N–H and O–H groups in total. The first-order valence-electron chi connectivity index (χ1n) is 4.36.